The van der Waals surface area contributed by atoms with Crippen molar-refractivity contribution in [3.63, 3.8) is 0 Å². The number of rotatable bonds is 6. The summed E-state index contributed by atoms with van der Waals surface area (Å²) in [6.07, 6.45) is 6.78. The Morgan fingerprint density at radius 2 is 1.95 bits per heavy atom. The monoisotopic (exact) mass is 294 g/mol. The van der Waals surface area contributed by atoms with Crippen molar-refractivity contribution in [3.8, 4) is 0 Å². The average molecular weight is 295 g/mol. The zero-order valence-corrected chi connectivity index (χ0v) is 13.5. The minimum Gasteiger partial charge on any atom is -0.369 e. The van der Waals surface area contributed by atoms with Crippen LogP contribution in [0.2, 0.25) is 5.02 Å². The summed E-state index contributed by atoms with van der Waals surface area (Å²) >= 11 is 6.44. The van der Waals surface area contributed by atoms with Crippen molar-refractivity contribution in [2.45, 2.75) is 58.5 Å². The minimum atomic E-state index is 0.699. The molecule has 0 radical (unpaired) electrons. The second-order valence-electron chi connectivity index (χ2n) is 5.63. The van der Waals surface area contributed by atoms with Gasteiger partial charge in [0.05, 0.1) is 0 Å². The Hall–Kier alpha value is -0.730. The first kappa shape index (κ1) is 15.7. The van der Waals surface area contributed by atoms with Gasteiger partial charge in [0, 0.05) is 29.8 Å². The molecule has 0 amide bonds. The van der Waals surface area contributed by atoms with Gasteiger partial charge in [0.2, 0.25) is 0 Å². The van der Waals surface area contributed by atoms with Crippen molar-refractivity contribution in [1.29, 1.82) is 0 Å². The summed E-state index contributed by atoms with van der Waals surface area (Å²) in [5.41, 5.74) is 2.47. The van der Waals surface area contributed by atoms with E-state index in [0.29, 0.717) is 6.04 Å². The standard InChI is InChI=1S/C17H27ClN2/c1-3-19-13-14-10-11-16(12-17(14)18)20(4-2)15-8-6-5-7-9-15/h10-12,15,19H,3-9,13H2,1-2H3. The van der Waals surface area contributed by atoms with E-state index in [9.17, 15) is 0 Å². The largest absolute Gasteiger partial charge is 0.369 e. The molecule has 0 heterocycles. The highest BCUT2D eigenvalue weighted by atomic mass is 35.5. The Morgan fingerprint density at radius 1 is 1.20 bits per heavy atom. The van der Waals surface area contributed by atoms with E-state index in [-0.39, 0.29) is 0 Å². The number of halogens is 1. The molecule has 3 heteroatoms. The second-order valence-corrected chi connectivity index (χ2v) is 6.04. The van der Waals surface area contributed by atoms with Crippen molar-refractivity contribution < 1.29 is 0 Å². The SMILES string of the molecule is CCNCc1ccc(N(CC)C2CCCCC2)cc1Cl. The average Bonchev–Trinajstić information content (AvgIpc) is 2.48. The van der Waals surface area contributed by atoms with Gasteiger partial charge in [0.1, 0.15) is 0 Å². The maximum absolute atomic E-state index is 6.44. The molecule has 20 heavy (non-hydrogen) atoms. The lowest BCUT2D eigenvalue weighted by Gasteiger charge is -2.35. The molecule has 1 fully saturated rings. The Labute approximate surface area is 128 Å². The topological polar surface area (TPSA) is 15.3 Å². The van der Waals surface area contributed by atoms with Gasteiger partial charge in [-0.25, -0.2) is 0 Å². The smallest absolute Gasteiger partial charge is 0.0471 e. The molecule has 0 aromatic heterocycles. The molecular formula is C17H27ClN2. The van der Waals surface area contributed by atoms with Crippen molar-refractivity contribution in [2.75, 3.05) is 18.0 Å². The highest BCUT2D eigenvalue weighted by Crippen LogP contribution is 2.30. The summed E-state index contributed by atoms with van der Waals surface area (Å²) in [5.74, 6) is 0. The molecule has 0 unspecified atom stereocenters. The molecule has 112 valence electrons. The molecule has 1 aliphatic rings. The molecule has 2 nitrogen and oxygen atoms in total. The molecule has 1 N–H and O–H groups in total. The van der Waals surface area contributed by atoms with Gasteiger partial charge in [-0.2, -0.15) is 0 Å². The van der Waals surface area contributed by atoms with Gasteiger partial charge in [-0.3, -0.25) is 0 Å². The highest BCUT2D eigenvalue weighted by molar-refractivity contribution is 6.31. The number of hydrogen-bond acceptors (Lipinski definition) is 2. The van der Waals surface area contributed by atoms with Crippen LogP contribution in [0.3, 0.4) is 0 Å². The lowest BCUT2D eigenvalue weighted by Crippen LogP contribution is -2.36. The normalized spacial score (nSPS) is 16.4. The summed E-state index contributed by atoms with van der Waals surface area (Å²) in [4.78, 5) is 2.53. The predicted molar refractivity (Wildman–Crippen MR) is 88.7 cm³/mol. The Morgan fingerprint density at radius 3 is 2.55 bits per heavy atom. The Balaban J connectivity index is 2.11. The lowest BCUT2D eigenvalue weighted by atomic mass is 9.93. The molecule has 1 aromatic carbocycles. The fourth-order valence-electron chi connectivity index (χ4n) is 3.16. The molecule has 0 bridgehead atoms. The van der Waals surface area contributed by atoms with Crippen molar-refractivity contribution in [1.82, 2.24) is 5.32 Å². The molecule has 0 saturated heterocycles. The third-order valence-corrected chi connectivity index (χ3v) is 4.64. The molecule has 1 aliphatic carbocycles. The van der Waals surface area contributed by atoms with Crippen LogP contribution in [0.1, 0.15) is 51.5 Å². The van der Waals surface area contributed by atoms with Crippen LogP contribution in [0.4, 0.5) is 5.69 Å². The summed E-state index contributed by atoms with van der Waals surface area (Å²) in [6.45, 7) is 7.25. The molecule has 1 aromatic rings. The zero-order valence-electron chi connectivity index (χ0n) is 12.8. The lowest BCUT2D eigenvalue weighted by molar-refractivity contribution is 0.418. The van der Waals surface area contributed by atoms with Gasteiger partial charge in [-0.1, -0.05) is 43.9 Å². The minimum absolute atomic E-state index is 0.699. The van der Waals surface area contributed by atoms with Gasteiger partial charge in [-0.05, 0) is 44.0 Å². The van der Waals surface area contributed by atoms with Gasteiger partial charge in [-0.15, -0.1) is 0 Å². The fourth-order valence-corrected chi connectivity index (χ4v) is 3.40. The summed E-state index contributed by atoms with van der Waals surface area (Å²) < 4.78 is 0. The van der Waals surface area contributed by atoms with E-state index in [1.807, 2.05) is 0 Å². The first-order valence-corrected chi connectivity index (χ1v) is 8.39. The number of benzene rings is 1. The Kier molecular flexibility index (Phi) is 6.18. The van der Waals surface area contributed by atoms with Crippen LogP contribution in [0.25, 0.3) is 0 Å². The zero-order chi connectivity index (χ0) is 14.4. The predicted octanol–water partition coefficient (Wildman–Crippen LogP) is 4.61. The van der Waals surface area contributed by atoms with Crippen molar-refractivity contribution >= 4 is 17.3 Å². The molecule has 1 saturated carbocycles. The first-order chi connectivity index (χ1) is 9.76. The van der Waals surface area contributed by atoms with E-state index in [1.165, 1.54) is 43.4 Å². The molecule has 2 rings (SSSR count). The number of nitrogens with one attached hydrogen (secondary N) is 1. The Bertz CT molecular complexity index is 413. The van der Waals surface area contributed by atoms with Crippen LogP contribution in [0.5, 0.6) is 0 Å². The van der Waals surface area contributed by atoms with E-state index >= 15 is 0 Å². The van der Waals surface area contributed by atoms with Crippen LogP contribution >= 0.6 is 11.6 Å². The van der Waals surface area contributed by atoms with Gasteiger partial charge >= 0.3 is 0 Å². The van der Waals surface area contributed by atoms with Crippen LogP contribution in [-0.2, 0) is 6.54 Å². The fraction of sp³-hybridized carbons (Fsp3) is 0.647. The molecule has 0 spiro atoms. The summed E-state index contributed by atoms with van der Waals surface area (Å²) in [6, 6.07) is 7.25. The number of anilines is 1. The second kappa shape index (κ2) is 7.90. The van der Waals surface area contributed by atoms with Gasteiger partial charge < -0.3 is 10.2 Å². The third kappa shape index (κ3) is 3.89. The van der Waals surface area contributed by atoms with E-state index in [4.69, 9.17) is 11.6 Å². The summed E-state index contributed by atoms with van der Waals surface area (Å²) in [5, 5.41) is 4.22. The van der Waals surface area contributed by atoms with Crippen LogP contribution in [-0.4, -0.2) is 19.1 Å². The third-order valence-electron chi connectivity index (χ3n) is 4.29. The maximum Gasteiger partial charge on any atom is 0.0471 e. The van der Waals surface area contributed by atoms with Crippen molar-refractivity contribution in [2.24, 2.45) is 0 Å². The van der Waals surface area contributed by atoms with Gasteiger partial charge in [0.15, 0.2) is 0 Å². The van der Waals surface area contributed by atoms with E-state index in [2.05, 4.69) is 42.3 Å². The maximum atomic E-state index is 6.44. The molecule has 0 atom stereocenters. The van der Waals surface area contributed by atoms with E-state index in [1.54, 1.807) is 0 Å². The van der Waals surface area contributed by atoms with Crippen LogP contribution < -0.4 is 10.2 Å². The van der Waals surface area contributed by atoms with E-state index in [0.717, 1.165) is 24.7 Å². The molecular weight excluding hydrogens is 268 g/mol. The quantitative estimate of drug-likeness (QED) is 0.824. The first-order valence-electron chi connectivity index (χ1n) is 8.02. The van der Waals surface area contributed by atoms with Crippen LogP contribution in [0, 0.1) is 0 Å². The number of nitrogens with zero attached hydrogens (tertiary/aromatic N) is 1. The molecule has 0 aliphatic heterocycles. The van der Waals surface area contributed by atoms with Gasteiger partial charge in [0.25, 0.3) is 0 Å². The summed E-state index contributed by atoms with van der Waals surface area (Å²) in [7, 11) is 0. The van der Waals surface area contributed by atoms with Crippen LogP contribution in [0.15, 0.2) is 18.2 Å². The van der Waals surface area contributed by atoms with Crippen molar-refractivity contribution in [3.05, 3.63) is 28.8 Å². The van der Waals surface area contributed by atoms with E-state index < -0.39 is 0 Å². The highest BCUT2D eigenvalue weighted by Gasteiger charge is 2.20. The number of hydrogen-bond donors (Lipinski definition) is 1.